The number of likely N-dealkylation sites (N-methyl/N-ethyl adjacent to an activating group) is 1. The maximum atomic E-state index is 13.5. The molecule has 6 nitrogen and oxygen atoms in total. The number of benzene rings is 1. The lowest BCUT2D eigenvalue weighted by Crippen LogP contribution is -2.43. The van der Waals surface area contributed by atoms with E-state index >= 15 is 0 Å². The van der Waals surface area contributed by atoms with Crippen molar-refractivity contribution in [2.45, 2.75) is 26.3 Å². The Hall–Kier alpha value is -2.41. The number of anilines is 1. The molecule has 0 saturated heterocycles. The van der Waals surface area contributed by atoms with Crippen LogP contribution in [0.2, 0.25) is 0 Å². The minimum Gasteiger partial charge on any atom is -0.489 e. The highest BCUT2D eigenvalue weighted by molar-refractivity contribution is 5.93. The highest BCUT2D eigenvalue weighted by atomic mass is 19.1. The van der Waals surface area contributed by atoms with Gasteiger partial charge in [0, 0.05) is 12.6 Å². The van der Waals surface area contributed by atoms with Gasteiger partial charge in [0.05, 0.1) is 6.04 Å². The molecular formula is C17H22FN3O3. The molecule has 0 radical (unpaired) electrons. The summed E-state index contributed by atoms with van der Waals surface area (Å²) in [6.07, 6.45) is 0.624. The third kappa shape index (κ3) is 4.79. The minimum absolute atomic E-state index is 0.167. The molecule has 0 saturated carbocycles. The van der Waals surface area contributed by atoms with Crippen molar-refractivity contribution in [1.82, 2.24) is 10.1 Å². The first-order valence-corrected chi connectivity index (χ1v) is 7.83. The van der Waals surface area contributed by atoms with Crippen LogP contribution in [-0.4, -0.2) is 42.2 Å². The maximum Gasteiger partial charge on any atom is 0.242 e. The lowest BCUT2D eigenvalue weighted by molar-refractivity contribution is -0.121. The van der Waals surface area contributed by atoms with Crippen LogP contribution in [0.25, 0.3) is 0 Å². The van der Waals surface area contributed by atoms with Gasteiger partial charge < -0.3 is 14.6 Å². The number of ether oxygens (including phenoxy) is 1. The number of rotatable bonds is 8. The molecule has 0 spiro atoms. The van der Waals surface area contributed by atoms with E-state index in [0.29, 0.717) is 24.5 Å². The SMILES string of the molecule is CCC(C(=O)Nc1cc(C)on1)N(C)CCOc1ccccc1F. The van der Waals surface area contributed by atoms with Crippen molar-refractivity contribution >= 4 is 11.7 Å². The number of nitrogens with one attached hydrogen (secondary N) is 1. The van der Waals surface area contributed by atoms with Gasteiger partial charge in [-0.1, -0.05) is 24.2 Å². The number of halogens is 1. The second-order valence-corrected chi connectivity index (χ2v) is 5.50. The van der Waals surface area contributed by atoms with Crippen LogP contribution in [-0.2, 0) is 4.79 Å². The molecule has 0 fully saturated rings. The van der Waals surface area contributed by atoms with Gasteiger partial charge in [0.25, 0.3) is 0 Å². The third-order valence-electron chi connectivity index (χ3n) is 3.64. The summed E-state index contributed by atoms with van der Waals surface area (Å²) in [5.41, 5.74) is 0. The number of para-hydroxylation sites is 1. The normalized spacial score (nSPS) is 12.2. The first-order valence-electron chi connectivity index (χ1n) is 7.83. The van der Waals surface area contributed by atoms with E-state index in [4.69, 9.17) is 9.26 Å². The van der Waals surface area contributed by atoms with Crippen molar-refractivity contribution in [2.75, 3.05) is 25.5 Å². The zero-order chi connectivity index (χ0) is 17.5. The molecular weight excluding hydrogens is 313 g/mol. The summed E-state index contributed by atoms with van der Waals surface area (Å²) in [4.78, 5) is 14.2. The second kappa shape index (κ2) is 8.44. The Labute approximate surface area is 140 Å². The van der Waals surface area contributed by atoms with Crippen LogP contribution in [0.3, 0.4) is 0 Å². The van der Waals surface area contributed by atoms with Crippen LogP contribution >= 0.6 is 0 Å². The first-order chi connectivity index (χ1) is 11.5. The number of aromatic nitrogens is 1. The summed E-state index contributed by atoms with van der Waals surface area (Å²) in [7, 11) is 1.83. The molecule has 1 aromatic carbocycles. The molecule has 1 heterocycles. The molecule has 1 unspecified atom stereocenters. The number of aryl methyl sites for hydroxylation is 1. The summed E-state index contributed by atoms with van der Waals surface area (Å²) in [5.74, 6) is 0.670. The standard InChI is InChI=1S/C17H22FN3O3/c1-4-14(17(22)19-16-11-12(2)24-20-16)21(3)9-10-23-15-8-6-5-7-13(15)18/h5-8,11,14H,4,9-10H2,1-3H3,(H,19,20,22). The van der Waals surface area contributed by atoms with Crippen LogP contribution in [0.5, 0.6) is 5.75 Å². The van der Waals surface area contributed by atoms with Crippen molar-refractivity contribution in [2.24, 2.45) is 0 Å². The smallest absolute Gasteiger partial charge is 0.242 e. The van der Waals surface area contributed by atoms with Crippen molar-refractivity contribution < 1.29 is 18.4 Å². The Kier molecular flexibility index (Phi) is 6.31. The number of carbonyl (C=O) groups excluding carboxylic acids is 1. The average Bonchev–Trinajstić information content (AvgIpc) is 2.95. The van der Waals surface area contributed by atoms with Crippen molar-refractivity contribution in [3.05, 3.63) is 41.9 Å². The zero-order valence-electron chi connectivity index (χ0n) is 14.1. The van der Waals surface area contributed by atoms with Gasteiger partial charge in [0.2, 0.25) is 5.91 Å². The average molecular weight is 335 g/mol. The van der Waals surface area contributed by atoms with E-state index in [1.165, 1.54) is 6.07 Å². The van der Waals surface area contributed by atoms with E-state index in [1.807, 2.05) is 18.9 Å². The number of amides is 1. The van der Waals surface area contributed by atoms with Gasteiger partial charge in [-0.15, -0.1) is 0 Å². The van der Waals surface area contributed by atoms with Gasteiger partial charge >= 0.3 is 0 Å². The van der Waals surface area contributed by atoms with Gasteiger partial charge in [0.15, 0.2) is 17.4 Å². The lowest BCUT2D eigenvalue weighted by Gasteiger charge is -2.25. The van der Waals surface area contributed by atoms with Crippen molar-refractivity contribution in [1.29, 1.82) is 0 Å². The van der Waals surface area contributed by atoms with Crippen molar-refractivity contribution in [3.8, 4) is 5.75 Å². The predicted octanol–water partition coefficient (Wildman–Crippen LogP) is 2.85. The highest BCUT2D eigenvalue weighted by Crippen LogP contribution is 2.15. The highest BCUT2D eigenvalue weighted by Gasteiger charge is 2.22. The lowest BCUT2D eigenvalue weighted by atomic mass is 10.2. The molecule has 1 atom stereocenters. The molecule has 24 heavy (non-hydrogen) atoms. The molecule has 130 valence electrons. The maximum absolute atomic E-state index is 13.5. The Bertz CT molecular complexity index is 675. The number of hydrogen-bond donors (Lipinski definition) is 1. The Balaban J connectivity index is 1.85. The van der Waals surface area contributed by atoms with Gasteiger partial charge in [-0.25, -0.2) is 4.39 Å². The summed E-state index contributed by atoms with van der Waals surface area (Å²) in [5, 5.41) is 6.48. The fraction of sp³-hybridized carbons (Fsp3) is 0.412. The quantitative estimate of drug-likeness (QED) is 0.803. The molecule has 2 aromatic rings. The summed E-state index contributed by atoms with van der Waals surface area (Å²) < 4.78 is 23.9. The summed E-state index contributed by atoms with van der Waals surface area (Å²) in [6, 6.07) is 7.56. The molecule has 2 rings (SSSR count). The zero-order valence-corrected chi connectivity index (χ0v) is 14.1. The van der Waals surface area contributed by atoms with Crippen LogP contribution in [0.4, 0.5) is 10.2 Å². The molecule has 0 aliphatic heterocycles. The number of nitrogens with zero attached hydrogens (tertiary/aromatic N) is 2. The van der Waals surface area contributed by atoms with Gasteiger partial charge in [-0.3, -0.25) is 9.69 Å². The molecule has 1 amide bonds. The predicted molar refractivity (Wildman–Crippen MR) is 88.5 cm³/mol. The Morgan fingerprint density at radius 1 is 1.46 bits per heavy atom. The van der Waals surface area contributed by atoms with Gasteiger partial charge in [0.1, 0.15) is 12.4 Å². The summed E-state index contributed by atoms with van der Waals surface area (Å²) >= 11 is 0. The van der Waals surface area contributed by atoms with E-state index < -0.39 is 5.82 Å². The fourth-order valence-corrected chi connectivity index (χ4v) is 2.35. The molecule has 1 aromatic heterocycles. The van der Waals surface area contributed by atoms with Gasteiger partial charge in [-0.2, -0.15) is 0 Å². The molecule has 0 bridgehead atoms. The molecule has 1 N–H and O–H groups in total. The Morgan fingerprint density at radius 3 is 2.83 bits per heavy atom. The van der Waals surface area contributed by atoms with Crippen LogP contribution in [0.1, 0.15) is 19.1 Å². The molecule has 7 heteroatoms. The molecule has 0 aliphatic rings. The Morgan fingerprint density at radius 2 is 2.21 bits per heavy atom. The topological polar surface area (TPSA) is 67.6 Å². The van der Waals surface area contributed by atoms with E-state index in [0.717, 1.165) is 0 Å². The van der Waals surface area contributed by atoms with E-state index in [-0.39, 0.29) is 24.3 Å². The van der Waals surface area contributed by atoms with Crippen LogP contribution in [0, 0.1) is 12.7 Å². The number of carbonyl (C=O) groups is 1. The fourth-order valence-electron chi connectivity index (χ4n) is 2.35. The van der Waals surface area contributed by atoms with E-state index in [2.05, 4.69) is 10.5 Å². The van der Waals surface area contributed by atoms with Crippen molar-refractivity contribution in [3.63, 3.8) is 0 Å². The largest absolute Gasteiger partial charge is 0.489 e. The van der Waals surface area contributed by atoms with Crippen LogP contribution < -0.4 is 10.1 Å². The van der Waals surface area contributed by atoms with Crippen LogP contribution in [0.15, 0.2) is 34.9 Å². The third-order valence-corrected chi connectivity index (χ3v) is 3.64. The van der Waals surface area contributed by atoms with E-state index in [1.54, 1.807) is 31.2 Å². The minimum atomic E-state index is -0.397. The summed E-state index contributed by atoms with van der Waals surface area (Å²) in [6.45, 7) is 4.45. The second-order valence-electron chi connectivity index (χ2n) is 5.50. The monoisotopic (exact) mass is 335 g/mol. The molecule has 0 aliphatic carbocycles. The van der Waals surface area contributed by atoms with E-state index in [9.17, 15) is 9.18 Å². The first kappa shape index (κ1) is 17.9. The number of hydrogen-bond acceptors (Lipinski definition) is 5. The van der Waals surface area contributed by atoms with Gasteiger partial charge in [-0.05, 0) is 32.5 Å².